The minimum Gasteiger partial charge on any atom is -0.343 e. The van der Waals surface area contributed by atoms with Crippen molar-refractivity contribution < 1.29 is 9.18 Å². The van der Waals surface area contributed by atoms with E-state index in [4.69, 9.17) is 0 Å². The number of carbonyl (C=O) groups excluding carboxylic acids is 1. The number of hydrogen-bond donors (Lipinski definition) is 0. The molecule has 3 rings (SSSR count). The van der Waals surface area contributed by atoms with E-state index in [0.29, 0.717) is 6.54 Å². The van der Waals surface area contributed by atoms with Crippen LogP contribution in [0, 0.1) is 0 Å². The number of amides is 1. The van der Waals surface area contributed by atoms with E-state index in [0.717, 1.165) is 41.4 Å². The molecule has 4 heteroatoms. The van der Waals surface area contributed by atoms with Crippen molar-refractivity contribution in [3.63, 3.8) is 0 Å². The van der Waals surface area contributed by atoms with Crippen molar-refractivity contribution in [1.29, 1.82) is 0 Å². The first-order valence-corrected chi connectivity index (χ1v) is 8.49. The summed E-state index contributed by atoms with van der Waals surface area (Å²) in [5.41, 5.74) is 3.35. The minimum absolute atomic E-state index is 0.100. The molecule has 0 saturated heterocycles. The highest BCUT2D eigenvalue weighted by Gasteiger charge is 2.33. The second-order valence-electron chi connectivity index (χ2n) is 6.71. The number of rotatable bonds is 4. The lowest BCUT2D eigenvalue weighted by Gasteiger charge is -2.30. The molecule has 0 N–H and O–H groups in total. The van der Waals surface area contributed by atoms with Crippen molar-refractivity contribution in [3.8, 4) is 0 Å². The van der Waals surface area contributed by atoms with Crippen LogP contribution in [0.5, 0.6) is 0 Å². The molecule has 2 aromatic rings. The van der Waals surface area contributed by atoms with Gasteiger partial charge in [0.05, 0.1) is 12.5 Å². The van der Waals surface area contributed by atoms with Gasteiger partial charge in [0.2, 0.25) is 5.91 Å². The zero-order valence-electron chi connectivity index (χ0n) is 14.2. The Morgan fingerprint density at radius 2 is 2.13 bits per heavy atom. The van der Waals surface area contributed by atoms with E-state index < -0.39 is 0 Å². The molecule has 1 aliphatic rings. The summed E-state index contributed by atoms with van der Waals surface area (Å²) in [6, 6.07) is 8.29. The topological polar surface area (TPSA) is 25.2 Å². The lowest BCUT2D eigenvalue weighted by Crippen LogP contribution is -2.37. The molecule has 0 radical (unpaired) electrons. The van der Waals surface area contributed by atoms with Gasteiger partial charge in [-0.1, -0.05) is 18.2 Å². The Labute approximate surface area is 137 Å². The maximum absolute atomic E-state index is 13.0. The molecule has 0 spiro atoms. The van der Waals surface area contributed by atoms with E-state index in [-0.39, 0.29) is 24.5 Å². The third-order valence-corrected chi connectivity index (χ3v) is 5.11. The molecule has 0 unspecified atom stereocenters. The van der Waals surface area contributed by atoms with E-state index in [1.165, 1.54) is 0 Å². The van der Waals surface area contributed by atoms with Crippen LogP contribution < -0.4 is 0 Å². The summed E-state index contributed by atoms with van der Waals surface area (Å²) in [5.74, 6) is 0.0843. The SMILES string of the molecule is CC(C)N(C)C(=O)[C@H]1CCCc2c1c1ccccc1n2CCF. The monoisotopic (exact) mass is 316 g/mol. The Bertz CT molecular complexity index is 719. The van der Waals surface area contributed by atoms with Gasteiger partial charge in [-0.25, -0.2) is 4.39 Å². The van der Waals surface area contributed by atoms with Crippen molar-refractivity contribution in [2.75, 3.05) is 13.7 Å². The van der Waals surface area contributed by atoms with E-state index in [9.17, 15) is 9.18 Å². The highest BCUT2D eigenvalue weighted by Crippen LogP contribution is 2.40. The number of aromatic nitrogens is 1. The van der Waals surface area contributed by atoms with Crippen LogP contribution in [0.3, 0.4) is 0 Å². The summed E-state index contributed by atoms with van der Waals surface area (Å²) in [6.07, 6.45) is 2.80. The zero-order chi connectivity index (χ0) is 16.6. The predicted octanol–water partition coefficient (Wildman–Crippen LogP) is 3.90. The van der Waals surface area contributed by atoms with Crippen LogP contribution in [0.25, 0.3) is 10.9 Å². The van der Waals surface area contributed by atoms with Crippen LogP contribution in [0.1, 0.15) is 43.9 Å². The fourth-order valence-corrected chi connectivity index (χ4v) is 3.75. The van der Waals surface area contributed by atoms with E-state index in [1.807, 2.05) is 44.0 Å². The van der Waals surface area contributed by atoms with Gasteiger partial charge in [-0.15, -0.1) is 0 Å². The van der Waals surface area contributed by atoms with Crippen LogP contribution in [-0.4, -0.2) is 35.1 Å². The average molecular weight is 316 g/mol. The van der Waals surface area contributed by atoms with Crippen LogP contribution in [0.15, 0.2) is 24.3 Å². The largest absolute Gasteiger partial charge is 0.343 e. The summed E-state index contributed by atoms with van der Waals surface area (Å²) in [4.78, 5) is 14.8. The predicted molar refractivity (Wildman–Crippen MR) is 91.5 cm³/mol. The highest BCUT2D eigenvalue weighted by atomic mass is 19.1. The van der Waals surface area contributed by atoms with Crippen LogP contribution in [-0.2, 0) is 17.8 Å². The molecule has 1 amide bonds. The maximum Gasteiger partial charge on any atom is 0.230 e. The van der Waals surface area contributed by atoms with Crippen LogP contribution >= 0.6 is 0 Å². The van der Waals surface area contributed by atoms with Crippen molar-refractivity contribution in [2.45, 2.75) is 51.6 Å². The Morgan fingerprint density at radius 3 is 2.83 bits per heavy atom. The number of fused-ring (bicyclic) bond motifs is 3. The molecule has 124 valence electrons. The van der Waals surface area contributed by atoms with Gasteiger partial charge in [0.15, 0.2) is 0 Å². The first kappa shape index (κ1) is 16.0. The number of halogens is 1. The fraction of sp³-hybridized carbons (Fsp3) is 0.526. The Morgan fingerprint density at radius 1 is 1.39 bits per heavy atom. The average Bonchev–Trinajstić information content (AvgIpc) is 2.88. The quantitative estimate of drug-likeness (QED) is 0.840. The van der Waals surface area contributed by atoms with Gasteiger partial charge in [-0.3, -0.25) is 4.79 Å². The molecular formula is C19H25FN2O. The Kier molecular flexibility index (Phi) is 4.42. The summed E-state index contributed by atoms with van der Waals surface area (Å²) in [7, 11) is 1.88. The first-order chi connectivity index (χ1) is 11.1. The third-order valence-electron chi connectivity index (χ3n) is 5.11. The number of likely N-dealkylation sites (N-methyl/N-ethyl adjacent to an activating group) is 1. The van der Waals surface area contributed by atoms with Gasteiger partial charge < -0.3 is 9.47 Å². The molecule has 0 bridgehead atoms. The van der Waals surface area contributed by atoms with Crippen molar-refractivity contribution in [3.05, 3.63) is 35.5 Å². The molecular weight excluding hydrogens is 291 g/mol. The Hall–Kier alpha value is -1.84. The van der Waals surface area contributed by atoms with Gasteiger partial charge in [0.1, 0.15) is 6.67 Å². The molecule has 0 fully saturated rings. The fourth-order valence-electron chi connectivity index (χ4n) is 3.75. The molecule has 1 aromatic carbocycles. The molecule has 1 atom stereocenters. The summed E-state index contributed by atoms with van der Waals surface area (Å²) in [6.45, 7) is 4.06. The molecule has 1 heterocycles. The minimum atomic E-state index is -0.379. The second kappa shape index (κ2) is 6.34. The zero-order valence-corrected chi connectivity index (χ0v) is 14.2. The highest BCUT2D eigenvalue weighted by molar-refractivity contribution is 5.94. The first-order valence-electron chi connectivity index (χ1n) is 8.49. The third kappa shape index (κ3) is 2.64. The summed E-state index contributed by atoms with van der Waals surface area (Å²) >= 11 is 0. The lowest BCUT2D eigenvalue weighted by atomic mass is 9.84. The van der Waals surface area contributed by atoms with Crippen molar-refractivity contribution in [2.24, 2.45) is 0 Å². The molecule has 1 aromatic heterocycles. The molecule has 1 aliphatic carbocycles. The van der Waals surface area contributed by atoms with Crippen LogP contribution in [0.2, 0.25) is 0 Å². The number of para-hydroxylation sites is 1. The lowest BCUT2D eigenvalue weighted by molar-refractivity contribution is -0.133. The van der Waals surface area contributed by atoms with Gasteiger partial charge in [0.25, 0.3) is 0 Å². The van der Waals surface area contributed by atoms with Gasteiger partial charge >= 0.3 is 0 Å². The van der Waals surface area contributed by atoms with E-state index in [1.54, 1.807) is 0 Å². The van der Waals surface area contributed by atoms with Crippen molar-refractivity contribution >= 4 is 16.8 Å². The molecule has 3 nitrogen and oxygen atoms in total. The van der Waals surface area contributed by atoms with Gasteiger partial charge in [-0.2, -0.15) is 0 Å². The Balaban J connectivity index is 2.15. The van der Waals surface area contributed by atoms with E-state index in [2.05, 4.69) is 10.6 Å². The smallest absolute Gasteiger partial charge is 0.230 e. The molecule has 23 heavy (non-hydrogen) atoms. The second-order valence-corrected chi connectivity index (χ2v) is 6.71. The summed E-state index contributed by atoms with van der Waals surface area (Å²) < 4.78 is 15.1. The maximum atomic E-state index is 13.0. The number of carbonyl (C=O) groups is 1. The number of aryl methyl sites for hydroxylation is 1. The van der Waals surface area contributed by atoms with Crippen LogP contribution in [0.4, 0.5) is 4.39 Å². The molecule has 0 saturated carbocycles. The molecule has 0 aliphatic heterocycles. The summed E-state index contributed by atoms with van der Waals surface area (Å²) in [5, 5.41) is 1.12. The number of benzene rings is 1. The number of alkyl halides is 1. The van der Waals surface area contributed by atoms with Gasteiger partial charge in [-0.05, 0) is 44.7 Å². The normalized spacial score (nSPS) is 17.5. The van der Waals surface area contributed by atoms with E-state index >= 15 is 0 Å². The van der Waals surface area contributed by atoms with Crippen molar-refractivity contribution in [1.82, 2.24) is 9.47 Å². The van der Waals surface area contributed by atoms with Gasteiger partial charge in [0, 0.05) is 29.7 Å². The number of hydrogen-bond acceptors (Lipinski definition) is 1. The standard InChI is InChI=1S/C19H25FN2O/c1-13(2)21(3)19(23)15-8-6-10-17-18(15)14-7-4-5-9-16(14)22(17)12-11-20/h4-5,7,9,13,15H,6,8,10-12H2,1-3H3/t15-/m0/s1. The number of nitrogens with zero attached hydrogens (tertiary/aromatic N) is 2.